The maximum absolute atomic E-state index is 8.88. The summed E-state index contributed by atoms with van der Waals surface area (Å²) in [5.41, 5.74) is 4.25. The number of aromatic amines is 1. The summed E-state index contributed by atoms with van der Waals surface area (Å²) < 4.78 is 8.88. The summed E-state index contributed by atoms with van der Waals surface area (Å²) in [6.07, 6.45) is 4.43. The van der Waals surface area contributed by atoms with E-state index in [1.54, 1.807) is 0 Å². The highest BCUT2D eigenvalue weighted by atomic mass is 35.5. The van der Waals surface area contributed by atoms with Crippen molar-refractivity contribution < 1.29 is 19.2 Å². The topological polar surface area (TPSA) is 96.8 Å². The van der Waals surface area contributed by atoms with E-state index in [0.717, 1.165) is 19.4 Å². The van der Waals surface area contributed by atoms with E-state index in [2.05, 4.69) is 55.2 Å². The van der Waals surface area contributed by atoms with E-state index < -0.39 is 7.82 Å². The minimum atomic E-state index is -4.64. The van der Waals surface area contributed by atoms with E-state index in [-0.39, 0.29) is 4.87 Å². The molecule has 6 nitrogen and oxygen atoms in total. The van der Waals surface area contributed by atoms with Gasteiger partial charge in [-0.3, -0.25) is 0 Å². The fourth-order valence-corrected chi connectivity index (χ4v) is 4.77. The molecule has 1 unspecified atom stereocenters. The van der Waals surface area contributed by atoms with Gasteiger partial charge in [-0.15, -0.1) is 11.6 Å². The molecule has 2 aromatic rings. The van der Waals surface area contributed by atoms with Crippen molar-refractivity contribution in [3.63, 3.8) is 0 Å². The van der Waals surface area contributed by atoms with E-state index in [9.17, 15) is 0 Å². The van der Waals surface area contributed by atoms with Gasteiger partial charge in [0.25, 0.3) is 0 Å². The fourth-order valence-electron chi connectivity index (χ4n) is 4.42. The molecule has 0 spiro atoms. The number of rotatable bonds is 1. The molecule has 0 radical (unpaired) electrons. The molecule has 0 bridgehead atoms. The van der Waals surface area contributed by atoms with Gasteiger partial charge in [-0.2, -0.15) is 0 Å². The molecular weight excluding hydrogens is 375 g/mol. The van der Waals surface area contributed by atoms with Crippen LogP contribution in [0.2, 0.25) is 0 Å². The number of alkyl halides is 1. The van der Waals surface area contributed by atoms with E-state index >= 15 is 0 Å². The summed E-state index contributed by atoms with van der Waals surface area (Å²) in [5, 5.41) is 1.46. The van der Waals surface area contributed by atoms with Gasteiger partial charge >= 0.3 is 7.82 Å². The van der Waals surface area contributed by atoms with Crippen molar-refractivity contribution in [3.8, 4) is 0 Å². The average molecular weight is 401 g/mol. The van der Waals surface area contributed by atoms with Crippen LogP contribution in [0.15, 0.2) is 24.4 Å². The molecule has 0 saturated carbocycles. The Morgan fingerprint density at radius 2 is 2.00 bits per heavy atom. The van der Waals surface area contributed by atoms with Crippen LogP contribution in [0.1, 0.15) is 37.3 Å². The zero-order chi connectivity index (χ0) is 19.3. The zero-order valence-electron chi connectivity index (χ0n) is 15.2. The first-order chi connectivity index (χ1) is 12.0. The highest BCUT2D eigenvalue weighted by Gasteiger charge is 2.46. The molecule has 1 aromatic carbocycles. The first-order valence-corrected chi connectivity index (χ1v) is 10.7. The first kappa shape index (κ1) is 19.9. The molecule has 3 atom stereocenters. The summed E-state index contributed by atoms with van der Waals surface area (Å²) in [4.78, 5) is 27.4. The number of nitrogens with zero attached hydrogens (tertiary/aromatic N) is 1. The average Bonchev–Trinajstić information content (AvgIpc) is 2.92. The number of benzene rings is 1. The Hall–Kier alpha value is -0.880. The highest BCUT2D eigenvalue weighted by molar-refractivity contribution is 7.45. The predicted molar refractivity (Wildman–Crippen MR) is 103 cm³/mol. The van der Waals surface area contributed by atoms with Gasteiger partial charge in [0.1, 0.15) is 0 Å². The molecular formula is C18H26ClN2O4P. The van der Waals surface area contributed by atoms with Crippen molar-refractivity contribution in [2.75, 3.05) is 13.6 Å². The van der Waals surface area contributed by atoms with Crippen molar-refractivity contribution in [3.05, 3.63) is 35.5 Å². The van der Waals surface area contributed by atoms with Crippen LogP contribution < -0.4 is 0 Å². The molecule has 1 aliphatic heterocycles. The van der Waals surface area contributed by atoms with Gasteiger partial charge in [0.15, 0.2) is 0 Å². The molecule has 2 aliphatic rings. The van der Waals surface area contributed by atoms with Crippen LogP contribution in [0, 0.1) is 5.92 Å². The lowest BCUT2D eigenvalue weighted by molar-refractivity contribution is 0.105. The maximum atomic E-state index is 8.88. The molecule has 2 heterocycles. The number of nitrogens with one attached hydrogen (secondary N) is 1. The van der Waals surface area contributed by atoms with Gasteiger partial charge < -0.3 is 24.6 Å². The number of likely N-dealkylation sites (N-methyl/N-ethyl adjacent to an activating group) is 1. The van der Waals surface area contributed by atoms with Crippen molar-refractivity contribution in [1.29, 1.82) is 0 Å². The maximum Gasteiger partial charge on any atom is 0.466 e. The van der Waals surface area contributed by atoms with Crippen molar-refractivity contribution in [2.45, 2.75) is 43.5 Å². The molecule has 0 amide bonds. The fraction of sp³-hybridized carbons (Fsp3) is 0.556. The van der Waals surface area contributed by atoms with E-state index in [4.69, 9.17) is 30.8 Å². The van der Waals surface area contributed by atoms with Gasteiger partial charge in [0.05, 0.1) is 4.87 Å². The van der Waals surface area contributed by atoms with Crippen LogP contribution >= 0.6 is 19.4 Å². The van der Waals surface area contributed by atoms with E-state index in [1.807, 2.05) is 0 Å². The monoisotopic (exact) mass is 400 g/mol. The Labute approximate surface area is 158 Å². The summed E-state index contributed by atoms with van der Waals surface area (Å²) in [6, 6.07) is 7.27. The molecule has 26 heavy (non-hydrogen) atoms. The van der Waals surface area contributed by atoms with E-state index in [1.165, 1.54) is 22.0 Å². The summed E-state index contributed by atoms with van der Waals surface area (Å²) >= 11 is 7.01. The number of H-pyrrole nitrogens is 1. The molecule has 1 fully saturated rings. The molecule has 144 valence electrons. The Morgan fingerprint density at radius 1 is 1.35 bits per heavy atom. The quantitative estimate of drug-likeness (QED) is 0.435. The largest absolute Gasteiger partial charge is 0.466 e. The van der Waals surface area contributed by atoms with Crippen molar-refractivity contribution in [1.82, 2.24) is 9.88 Å². The number of aromatic nitrogens is 1. The first-order valence-electron chi connectivity index (χ1n) is 8.76. The molecule has 1 saturated heterocycles. The second-order valence-corrected chi connectivity index (χ2v) is 9.56. The van der Waals surface area contributed by atoms with Gasteiger partial charge in [0, 0.05) is 35.6 Å². The van der Waals surface area contributed by atoms with Crippen LogP contribution in [-0.2, 0) is 11.0 Å². The third-order valence-electron chi connectivity index (χ3n) is 5.79. The minimum Gasteiger partial charge on any atom is -0.361 e. The number of piperidine rings is 1. The second kappa shape index (κ2) is 6.93. The Morgan fingerprint density at radius 3 is 2.62 bits per heavy atom. The molecule has 4 rings (SSSR count). The smallest absolute Gasteiger partial charge is 0.361 e. The van der Waals surface area contributed by atoms with Crippen LogP contribution in [0.5, 0.6) is 0 Å². The Kier molecular flexibility index (Phi) is 5.30. The van der Waals surface area contributed by atoms with E-state index in [0.29, 0.717) is 17.9 Å². The lowest BCUT2D eigenvalue weighted by Gasteiger charge is -2.50. The number of fused-ring (bicyclic) bond motifs is 2. The Bertz CT molecular complexity index is 841. The normalized spacial score (nSPS) is 28.6. The van der Waals surface area contributed by atoms with Gasteiger partial charge in [0.2, 0.25) is 0 Å². The highest BCUT2D eigenvalue weighted by Crippen LogP contribution is 2.49. The third kappa shape index (κ3) is 3.86. The van der Waals surface area contributed by atoms with Gasteiger partial charge in [-0.1, -0.05) is 26.0 Å². The summed E-state index contributed by atoms with van der Waals surface area (Å²) in [7, 11) is -2.39. The standard InChI is InChI=1S/C18H23ClN2.H3O4P/c1-11(2)18(19)8-14-13-5-4-6-15-17(13)12(9-20-15)7-16(14)21(3)10-18;1-5(2,3)4/h4-6,9,11,14,16,20H,7-8,10H2,1-3H3;(H3,1,2,3,4)/t14?,16-,18-;/m1./s1. The number of phosphoric acid groups is 1. The van der Waals surface area contributed by atoms with Crippen LogP contribution in [-0.4, -0.2) is 49.1 Å². The van der Waals surface area contributed by atoms with Gasteiger partial charge in [-0.25, -0.2) is 4.57 Å². The number of halogens is 1. The number of hydrogen-bond acceptors (Lipinski definition) is 2. The SMILES string of the molecule is CC(C)[C@@]1(Cl)CC2c3cccc4[nH]cc(c34)C[C@H]2N(C)C1.O=P(O)(O)O. The minimum absolute atomic E-state index is 0.105. The van der Waals surface area contributed by atoms with Crippen LogP contribution in [0.3, 0.4) is 0 Å². The van der Waals surface area contributed by atoms with Crippen molar-refractivity contribution >= 4 is 30.3 Å². The van der Waals surface area contributed by atoms with Crippen LogP contribution in [0.25, 0.3) is 10.9 Å². The summed E-state index contributed by atoms with van der Waals surface area (Å²) in [6.45, 7) is 5.50. The lowest BCUT2D eigenvalue weighted by Crippen LogP contribution is -2.55. The predicted octanol–water partition coefficient (Wildman–Crippen LogP) is 3.22. The molecule has 4 N–H and O–H groups in total. The Balaban J connectivity index is 0.000000349. The van der Waals surface area contributed by atoms with Crippen molar-refractivity contribution in [2.24, 2.45) is 5.92 Å². The summed E-state index contributed by atoms with van der Waals surface area (Å²) in [5.74, 6) is 1.05. The zero-order valence-corrected chi connectivity index (χ0v) is 16.8. The molecule has 8 heteroatoms. The third-order valence-corrected chi connectivity index (χ3v) is 6.50. The second-order valence-electron chi connectivity index (χ2n) is 7.78. The van der Waals surface area contributed by atoms with Crippen LogP contribution in [0.4, 0.5) is 0 Å². The molecule has 1 aromatic heterocycles. The number of likely N-dealkylation sites (tertiary alicyclic amines) is 1. The lowest BCUT2D eigenvalue weighted by atomic mass is 9.70. The molecule has 1 aliphatic carbocycles. The van der Waals surface area contributed by atoms with Gasteiger partial charge in [-0.05, 0) is 43.0 Å². The number of hydrogen-bond donors (Lipinski definition) is 4.